The van der Waals surface area contributed by atoms with Gasteiger partial charge in [-0.2, -0.15) is 0 Å². The lowest BCUT2D eigenvalue weighted by atomic mass is 10.1. The number of methoxy groups -OCH3 is 1. The third-order valence-corrected chi connectivity index (χ3v) is 4.33. The van der Waals surface area contributed by atoms with Crippen LogP contribution >= 0.6 is 11.6 Å². The number of aliphatic carboxylic acids is 1. The minimum atomic E-state index is -1.97. The van der Waals surface area contributed by atoms with Crippen molar-refractivity contribution in [3.63, 3.8) is 0 Å². The Labute approximate surface area is 139 Å². The molecule has 2 rings (SSSR count). The Kier molecular flexibility index (Phi) is 5.49. The summed E-state index contributed by atoms with van der Waals surface area (Å²) < 4.78 is 10.6. The van der Waals surface area contributed by atoms with Gasteiger partial charge >= 0.3 is 5.97 Å². The second kappa shape index (κ2) is 7.19. The number of carbonyl (C=O) groups excluding carboxylic acids is 1. The maximum absolute atomic E-state index is 12.1. The highest BCUT2D eigenvalue weighted by atomic mass is 35.5. The Hall–Kier alpha value is -1.79. The number of halogens is 1. The van der Waals surface area contributed by atoms with Gasteiger partial charge in [-0.3, -0.25) is 4.79 Å². The van der Waals surface area contributed by atoms with E-state index in [2.05, 4.69) is 5.32 Å². The molecule has 1 unspecified atom stereocenters. The van der Waals surface area contributed by atoms with Crippen LogP contribution in [-0.4, -0.2) is 35.8 Å². The van der Waals surface area contributed by atoms with Crippen LogP contribution in [-0.2, 0) is 14.3 Å². The van der Waals surface area contributed by atoms with Gasteiger partial charge in [0.2, 0.25) is 5.60 Å². The lowest BCUT2D eigenvalue weighted by molar-refractivity contribution is -0.165. The molecule has 0 radical (unpaired) electrons. The third-order valence-electron chi connectivity index (χ3n) is 4.04. The van der Waals surface area contributed by atoms with E-state index in [4.69, 9.17) is 26.2 Å². The molecule has 1 aromatic carbocycles. The molecule has 1 aliphatic carbocycles. The summed E-state index contributed by atoms with van der Waals surface area (Å²) in [6.45, 7) is 1.18. The zero-order chi connectivity index (χ0) is 17.0. The molecule has 0 aliphatic heterocycles. The van der Waals surface area contributed by atoms with Gasteiger partial charge in [0, 0.05) is 12.8 Å². The van der Waals surface area contributed by atoms with Gasteiger partial charge in [-0.1, -0.05) is 11.6 Å². The molecule has 0 saturated heterocycles. The van der Waals surface area contributed by atoms with Gasteiger partial charge in [0.1, 0.15) is 5.75 Å². The number of nitrogens with one attached hydrogen (secondary N) is 1. The molecular weight excluding hydrogens is 322 g/mol. The predicted molar refractivity (Wildman–Crippen MR) is 86.0 cm³/mol. The van der Waals surface area contributed by atoms with Crippen molar-refractivity contribution in [2.24, 2.45) is 0 Å². The number of carboxylic acid groups (broad SMARTS) is 1. The van der Waals surface area contributed by atoms with Gasteiger partial charge in [-0.15, -0.1) is 0 Å². The fraction of sp³-hybridized carbons (Fsp3) is 0.500. The van der Waals surface area contributed by atoms with Crippen molar-refractivity contribution in [2.75, 3.05) is 12.4 Å². The van der Waals surface area contributed by atoms with E-state index in [9.17, 15) is 9.59 Å². The van der Waals surface area contributed by atoms with Gasteiger partial charge in [-0.05, 0) is 50.8 Å². The fourth-order valence-electron chi connectivity index (χ4n) is 2.39. The summed E-state index contributed by atoms with van der Waals surface area (Å²) in [5.74, 6) is -1.60. The van der Waals surface area contributed by atoms with Crippen LogP contribution in [0, 0.1) is 0 Å². The topological polar surface area (TPSA) is 84.9 Å². The molecule has 1 saturated carbocycles. The number of benzene rings is 1. The summed E-state index contributed by atoms with van der Waals surface area (Å²) in [7, 11) is 1.17. The normalized spacial score (nSPS) is 17.5. The van der Waals surface area contributed by atoms with Crippen molar-refractivity contribution in [1.82, 2.24) is 0 Å². The largest absolute Gasteiger partial charge is 0.489 e. The maximum atomic E-state index is 12.1. The lowest BCUT2D eigenvalue weighted by Gasteiger charge is -2.22. The Morgan fingerprint density at radius 1 is 1.35 bits per heavy atom. The number of rotatable bonds is 6. The van der Waals surface area contributed by atoms with E-state index >= 15 is 0 Å². The van der Waals surface area contributed by atoms with Crippen LogP contribution < -0.4 is 10.1 Å². The summed E-state index contributed by atoms with van der Waals surface area (Å²) in [5.41, 5.74) is -1.59. The number of anilines is 1. The molecule has 1 aromatic rings. The molecule has 0 spiro atoms. The second-order valence-corrected chi connectivity index (χ2v) is 6.07. The Morgan fingerprint density at radius 2 is 2.00 bits per heavy atom. The van der Waals surface area contributed by atoms with Crippen molar-refractivity contribution in [3.05, 3.63) is 23.2 Å². The first-order valence-electron chi connectivity index (χ1n) is 7.43. The molecule has 6 nitrogen and oxygen atoms in total. The van der Waals surface area contributed by atoms with Gasteiger partial charge < -0.3 is 19.9 Å². The SMILES string of the molecule is COC(C)(C(=O)O)C(=O)Nc1ccc(OC2CCCC2)c(Cl)c1. The highest BCUT2D eigenvalue weighted by molar-refractivity contribution is 6.32. The summed E-state index contributed by atoms with van der Waals surface area (Å²) in [5, 5.41) is 12.0. The minimum Gasteiger partial charge on any atom is -0.489 e. The predicted octanol–water partition coefficient (Wildman–Crippen LogP) is 3.09. The third kappa shape index (κ3) is 3.95. The molecule has 2 N–H and O–H groups in total. The molecule has 0 heterocycles. The molecule has 0 aromatic heterocycles. The maximum Gasteiger partial charge on any atom is 0.345 e. The number of amides is 1. The zero-order valence-electron chi connectivity index (χ0n) is 13.1. The Bertz CT molecular complexity index is 600. The summed E-state index contributed by atoms with van der Waals surface area (Å²) in [6, 6.07) is 4.81. The first-order valence-corrected chi connectivity index (χ1v) is 7.81. The summed E-state index contributed by atoms with van der Waals surface area (Å²) >= 11 is 6.18. The van der Waals surface area contributed by atoms with Crippen LogP contribution in [0.25, 0.3) is 0 Å². The van der Waals surface area contributed by atoms with E-state index in [-0.39, 0.29) is 6.10 Å². The van der Waals surface area contributed by atoms with Crippen LogP contribution in [0.4, 0.5) is 5.69 Å². The van der Waals surface area contributed by atoms with Crippen molar-refractivity contribution in [3.8, 4) is 5.75 Å². The van der Waals surface area contributed by atoms with Gasteiger partial charge in [0.25, 0.3) is 5.91 Å². The molecule has 7 heteroatoms. The molecule has 1 fully saturated rings. The smallest absolute Gasteiger partial charge is 0.345 e. The molecule has 0 bridgehead atoms. The van der Waals surface area contributed by atoms with Crippen molar-refractivity contribution >= 4 is 29.2 Å². The highest BCUT2D eigenvalue weighted by Crippen LogP contribution is 2.32. The quantitative estimate of drug-likeness (QED) is 0.777. The van der Waals surface area contributed by atoms with Crippen LogP contribution in [0.15, 0.2) is 18.2 Å². The van der Waals surface area contributed by atoms with Crippen molar-refractivity contribution in [1.29, 1.82) is 0 Å². The van der Waals surface area contributed by atoms with Crippen LogP contribution in [0.3, 0.4) is 0 Å². The van der Waals surface area contributed by atoms with E-state index in [0.717, 1.165) is 25.7 Å². The first kappa shape index (κ1) is 17.6. The Morgan fingerprint density at radius 3 is 2.52 bits per heavy atom. The average Bonchev–Trinajstić information content (AvgIpc) is 3.01. The molecule has 126 valence electrons. The summed E-state index contributed by atoms with van der Waals surface area (Å²) in [6.07, 6.45) is 4.51. The van der Waals surface area contributed by atoms with Crippen LogP contribution in [0.2, 0.25) is 5.02 Å². The molecule has 1 aliphatic rings. The number of carbonyl (C=O) groups is 2. The lowest BCUT2D eigenvalue weighted by Crippen LogP contribution is -2.48. The standard InChI is InChI=1S/C16H20ClNO5/c1-16(22-2,15(20)21)14(19)18-10-7-8-13(12(17)9-10)23-11-5-3-4-6-11/h7-9,11H,3-6H2,1-2H3,(H,18,19)(H,20,21). The number of ether oxygens (including phenoxy) is 2. The Balaban J connectivity index is 2.08. The fourth-order valence-corrected chi connectivity index (χ4v) is 2.61. The van der Waals surface area contributed by atoms with E-state index in [1.54, 1.807) is 12.1 Å². The van der Waals surface area contributed by atoms with Crippen molar-refractivity contribution < 1.29 is 24.2 Å². The molecule has 1 atom stereocenters. The van der Waals surface area contributed by atoms with Crippen molar-refractivity contribution in [2.45, 2.75) is 44.3 Å². The number of carboxylic acids is 1. The van der Waals surface area contributed by atoms with Gasteiger partial charge in [0.05, 0.1) is 11.1 Å². The van der Waals surface area contributed by atoms with E-state index in [1.165, 1.54) is 20.1 Å². The summed E-state index contributed by atoms with van der Waals surface area (Å²) in [4.78, 5) is 23.3. The number of hydrogen-bond donors (Lipinski definition) is 2. The van der Waals surface area contributed by atoms with Crippen LogP contribution in [0.5, 0.6) is 5.75 Å². The highest BCUT2D eigenvalue weighted by Gasteiger charge is 2.41. The molecule has 1 amide bonds. The van der Waals surface area contributed by atoms with E-state index in [0.29, 0.717) is 16.5 Å². The van der Waals surface area contributed by atoms with E-state index < -0.39 is 17.5 Å². The van der Waals surface area contributed by atoms with E-state index in [1.807, 2.05) is 0 Å². The van der Waals surface area contributed by atoms with Gasteiger partial charge in [0.15, 0.2) is 0 Å². The van der Waals surface area contributed by atoms with Gasteiger partial charge in [-0.25, -0.2) is 4.79 Å². The van der Waals surface area contributed by atoms with Crippen LogP contribution in [0.1, 0.15) is 32.6 Å². The molecular formula is C16H20ClNO5. The average molecular weight is 342 g/mol. The first-order chi connectivity index (χ1) is 10.9. The minimum absolute atomic E-state index is 0.178. The molecule has 23 heavy (non-hydrogen) atoms. The number of hydrogen-bond acceptors (Lipinski definition) is 4. The second-order valence-electron chi connectivity index (χ2n) is 5.67. The monoisotopic (exact) mass is 341 g/mol. The zero-order valence-corrected chi connectivity index (χ0v) is 13.9.